The Hall–Kier alpha value is -2.87. The van der Waals surface area contributed by atoms with Crippen LogP contribution in [0.3, 0.4) is 0 Å². The van der Waals surface area contributed by atoms with Crippen molar-refractivity contribution in [3.63, 3.8) is 0 Å². The Morgan fingerprint density at radius 1 is 1.13 bits per heavy atom. The highest BCUT2D eigenvalue weighted by Crippen LogP contribution is 2.44. The van der Waals surface area contributed by atoms with Crippen LogP contribution in [-0.4, -0.2) is 23.6 Å². The average Bonchev–Trinajstić information content (AvgIpc) is 3.43. The number of benzene rings is 2. The lowest BCUT2D eigenvalue weighted by Crippen LogP contribution is -2.41. The molecule has 0 saturated carbocycles. The molecule has 8 heteroatoms. The largest absolute Gasteiger partial charge is 0.454 e. The highest BCUT2D eigenvalue weighted by atomic mass is 35.5. The topological polar surface area (TPSA) is 76.1 Å². The molecule has 1 N–H and O–H groups in total. The molecule has 2 aliphatic heterocycles. The first-order valence-corrected chi connectivity index (χ1v) is 10.5. The van der Waals surface area contributed by atoms with Gasteiger partial charge in [-0.1, -0.05) is 35.9 Å². The van der Waals surface area contributed by atoms with Crippen LogP contribution in [-0.2, 0) is 16.9 Å². The Bertz CT molecular complexity index is 1180. The summed E-state index contributed by atoms with van der Waals surface area (Å²) >= 11 is 7.06. The van der Waals surface area contributed by atoms with Gasteiger partial charge in [0.25, 0.3) is 5.91 Å². The SMILES string of the molecule is O=C(CC1(O)C(=O)N(Cc2ccc3c(c2)OCO3)c2ccccc21)c1ccc(Cl)s1. The molecule has 0 radical (unpaired) electrons. The lowest BCUT2D eigenvalue weighted by molar-refractivity contribution is -0.136. The number of Topliss-reactive ketones (excluding diaryl/α,β-unsaturated/α-hetero) is 1. The number of fused-ring (bicyclic) bond motifs is 2. The maximum atomic E-state index is 13.3. The number of anilines is 1. The molecule has 0 saturated heterocycles. The maximum Gasteiger partial charge on any atom is 0.264 e. The Labute approximate surface area is 181 Å². The summed E-state index contributed by atoms with van der Waals surface area (Å²) in [6.45, 7) is 0.396. The van der Waals surface area contributed by atoms with E-state index in [2.05, 4.69) is 0 Å². The molecule has 6 nitrogen and oxygen atoms in total. The van der Waals surface area contributed by atoms with E-state index in [0.717, 1.165) is 16.9 Å². The fourth-order valence-corrected chi connectivity index (χ4v) is 4.82. The van der Waals surface area contributed by atoms with E-state index in [9.17, 15) is 14.7 Å². The zero-order valence-corrected chi connectivity index (χ0v) is 17.2. The third-order valence-corrected chi connectivity index (χ3v) is 6.55. The zero-order valence-electron chi connectivity index (χ0n) is 15.6. The molecular formula is C22H16ClNO5S. The van der Waals surface area contributed by atoms with Crippen LogP contribution in [0, 0.1) is 0 Å². The monoisotopic (exact) mass is 441 g/mol. The van der Waals surface area contributed by atoms with Gasteiger partial charge in [0.05, 0.1) is 27.9 Å². The average molecular weight is 442 g/mol. The third-order valence-electron chi connectivity index (χ3n) is 5.28. The van der Waals surface area contributed by atoms with Gasteiger partial charge in [-0.25, -0.2) is 0 Å². The number of ketones is 1. The van der Waals surface area contributed by atoms with Crippen molar-refractivity contribution in [1.82, 2.24) is 0 Å². The fraction of sp³-hybridized carbons (Fsp3) is 0.182. The van der Waals surface area contributed by atoms with Gasteiger partial charge in [-0.05, 0) is 35.9 Å². The number of amides is 1. The van der Waals surface area contributed by atoms with Gasteiger partial charge in [0, 0.05) is 5.56 Å². The van der Waals surface area contributed by atoms with Crippen molar-refractivity contribution in [2.45, 2.75) is 18.6 Å². The predicted octanol–water partition coefficient (Wildman–Crippen LogP) is 4.14. The second-order valence-corrected chi connectivity index (χ2v) is 8.88. The van der Waals surface area contributed by atoms with Gasteiger partial charge < -0.3 is 19.5 Å². The van der Waals surface area contributed by atoms with Crippen LogP contribution >= 0.6 is 22.9 Å². The van der Waals surface area contributed by atoms with Crippen molar-refractivity contribution in [3.8, 4) is 11.5 Å². The van der Waals surface area contributed by atoms with Crippen LogP contribution in [0.1, 0.15) is 27.2 Å². The van der Waals surface area contributed by atoms with E-state index in [0.29, 0.717) is 32.0 Å². The van der Waals surface area contributed by atoms with Gasteiger partial charge in [-0.3, -0.25) is 9.59 Å². The summed E-state index contributed by atoms with van der Waals surface area (Å²) in [5.41, 5.74) is -0.102. The summed E-state index contributed by atoms with van der Waals surface area (Å²) in [5, 5.41) is 11.4. The van der Waals surface area contributed by atoms with Gasteiger partial charge >= 0.3 is 0 Å². The first-order valence-electron chi connectivity index (χ1n) is 9.26. The molecule has 3 heterocycles. The van der Waals surface area contributed by atoms with Crippen molar-refractivity contribution < 1.29 is 24.2 Å². The van der Waals surface area contributed by atoms with Crippen LogP contribution in [0.25, 0.3) is 0 Å². The predicted molar refractivity (Wildman–Crippen MR) is 112 cm³/mol. The number of para-hydroxylation sites is 1. The van der Waals surface area contributed by atoms with Gasteiger partial charge in [-0.15, -0.1) is 11.3 Å². The Morgan fingerprint density at radius 2 is 1.93 bits per heavy atom. The maximum absolute atomic E-state index is 13.3. The van der Waals surface area contributed by atoms with E-state index >= 15 is 0 Å². The standard InChI is InChI=1S/C22H16ClNO5S/c23-20-8-7-19(30-20)16(25)10-22(27)14-3-1-2-4-15(14)24(21(22)26)11-13-5-6-17-18(9-13)29-12-28-17/h1-9,27H,10-12H2. The summed E-state index contributed by atoms with van der Waals surface area (Å²) in [6, 6.07) is 15.7. The molecule has 5 rings (SSSR count). The number of rotatable bonds is 5. The van der Waals surface area contributed by atoms with Crippen molar-refractivity contribution in [3.05, 3.63) is 74.9 Å². The minimum Gasteiger partial charge on any atom is -0.454 e. The van der Waals surface area contributed by atoms with Crippen molar-refractivity contribution in [1.29, 1.82) is 0 Å². The van der Waals surface area contributed by atoms with E-state index in [-0.39, 0.29) is 25.5 Å². The molecule has 0 aliphatic carbocycles. The molecular weight excluding hydrogens is 426 g/mol. The van der Waals surface area contributed by atoms with E-state index in [1.54, 1.807) is 42.5 Å². The molecule has 0 fully saturated rings. The summed E-state index contributed by atoms with van der Waals surface area (Å²) in [7, 11) is 0. The van der Waals surface area contributed by atoms with E-state index in [4.69, 9.17) is 21.1 Å². The number of nitrogens with zero attached hydrogens (tertiary/aromatic N) is 1. The van der Waals surface area contributed by atoms with E-state index in [1.165, 1.54) is 4.90 Å². The highest BCUT2D eigenvalue weighted by Gasteiger charge is 2.50. The Balaban J connectivity index is 1.47. The quantitative estimate of drug-likeness (QED) is 0.602. The molecule has 1 atom stereocenters. The fourth-order valence-electron chi connectivity index (χ4n) is 3.84. The van der Waals surface area contributed by atoms with Crippen LogP contribution in [0.5, 0.6) is 11.5 Å². The van der Waals surface area contributed by atoms with Gasteiger partial charge in [0.15, 0.2) is 22.9 Å². The van der Waals surface area contributed by atoms with Crippen molar-refractivity contribution >= 4 is 40.3 Å². The van der Waals surface area contributed by atoms with Crippen molar-refractivity contribution in [2.24, 2.45) is 0 Å². The number of thiophene rings is 1. The van der Waals surface area contributed by atoms with Crippen LogP contribution in [0.2, 0.25) is 4.34 Å². The molecule has 1 amide bonds. The number of aliphatic hydroxyl groups is 1. The lowest BCUT2D eigenvalue weighted by Gasteiger charge is -2.22. The second-order valence-electron chi connectivity index (χ2n) is 7.16. The van der Waals surface area contributed by atoms with Crippen LogP contribution in [0.15, 0.2) is 54.6 Å². The number of carbonyl (C=O) groups is 2. The number of hydrogen-bond donors (Lipinski definition) is 1. The zero-order chi connectivity index (χ0) is 20.9. The van der Waals surface area contributed by atoms with Crippen LogP contribution in [0.4, 0.5) is 5.69 Å². The summed E-state index contributed by atoms with van der Waals surface area (Å²) < 4.78 is 11.2. The molecule has 1 aromatic heterocycles. The lowest BCUT2D eigenvalue weighted by atomic mass is 9.89. The normalized spacial score (nSPS) is 19.3. The first kappa shape index (κ1) is 19.1. The molecule has 152 valence electrons. The van der Waals surface area contributed by atoms with E-state index < -0.39 is 11.5 Å². The smallest absolute Gasteiger partial charge is 0.264 e. The number of carbonyl (C=O) groups excluding carboxylic acids is 2. The summed E-state index contributed by atoms with van der Waals surface area (Å²) in [4.78, 5) is 28.0. The molecule has 3 aromatic rings. The van der Waals surface area contributed by atoms with Crippen LogP contribution < -0.4 is 14.4 Å². The Kier molecular flexibility index (Phi) is 4.54. The highest BCUT2D eigenvalue weighted by molar-refractivity contribution is 7.18. The number of halogens is 1. The molecule has 0 bridgehead atoms. The van der Waals surface area contributed by atoms with Gasteiger partial charge in [0.2, 0.25) is 6.79 Å². The third kappa shape index (κ3) is 3.06. The molecule has 0 spiro atoms. The summed E-state index contributed by atoms with van der Waals surface area (Å²) in [6.07, 6.45) is -0.350. The molecule has 30 heavy (non-hydrogen) atoms. The second kappa shape index (κ2) is 7.12. The number of hydrogen-bond acceptors (Lipinski definition) is 6. The number of ether oxygens (including phenoxy) is 2. The first-order chi connectivity index (χ1) is 14.5. The van der Waals surface area contributed by atoms with E-state index in [1.807, 2.05) is 12.1 Å². The minimum atomic E-state index is -1.93. The van der Waals surface area contributed by atoms with Gasteiger partial charge in [0.1, 0.15) is 0 Å². The Morgan fingerprint density at radius 3 is 2.73 bits per heavy atom. The van der Waals surface area contributed by atoms with Gasteiger partial charge in [-0.2, -0.15) is 0 Å². The summed E-state index contributed by atoms with van der Waals surface area (Å²) in [5.74, 6) is 0.413. The minimum absolute atomic E-state index is 0.166. The molecule has 1 unspecified atom stereocenters. The molecule has 2 aliphatic rings. The molecule has 2 aromatic carbocycles. The van der Waals surface area contributed by atoms with Crippen molar-refractivity contribution in [2.75, 3.05) is 11.7 Å².